The number of pyridine rings is 1. The second-order valence-corrected chi connectivity index (χ2v) is 6.19. The Balaban J connectivity index is 2.01. The van der Waals surface area contributed by atoms with Crippen LogP contribution in [0, 0.1) is 0 Å². The Morgan fingerprint density at radius 3 is 2.46 bits per heavy atom. The van der Waals surface area contributed by atoms with Gasteiger partial charge in [0.05, 0.1) is 17.8 Å². The molecule has 1 heterocycles. The van der Waals surface area contributed by atoms with Crippen molar-refractivity contribution < 1.29 is 22.8 Å². The molecular formula is C17H16F3N3O2S. The first-order chi connectivity index (χ1) is 12.2. The zero-order valence-corrected chi connectivity index (χ0v) is 14.8. The first-order valence-corrected chi connectivity index (χ1v) is 8.66. The number of hydrogen-bond acceptors (Lipinski definition) is 4. The molecule has 0 aliphatic carbocycles. The van der Waals surface area contributed by atoms with E-state index < -0.39 is 23.7 Å². The van der Waals surface area contributed by atoms with E-state index in [9.17, 15) is 22.8 Å². The van der Waals surface area contributed by atoms with Crippen LogP contribution in [-0.2, 0) is 11.0 Å². The van der Waals surface area contributed by atoms with E-state index in [1.54, 1.807) is 12.1 Å². The number of likely N-dealkylation sites (N-methyl/N-ethyl adjacent to an activating group) is 1. The molecule has 0 radical (unpaired) electrons. The average molecular weight is 383 g/mol. The van der Waals surface area contributed by atoms with Gasteiger partial charge < -0.3 is 10.2 Å². The highest BCUT2D eigenvalue weighted by atomic mass is 32.2. The largest absolute Gasteiger partial charge is 0.433 e. The maximum Gasteiger partial charge on any atom is 0.433 e. The number of thioether (sulfide) groups is 1. The van der Waals surface area contributed by atoms with Crippen LogP contribution in [0.2, 0.25) is 0 Å². The molecule has 5 nitrogen and oxygen atoms in total. The zero-order chi connectivity index (χ0) is 19.3. The number of hydrogen-bond donors (Lipinski definition) is 1. The van der Waals surface area contributed by atoms with Crippen molar-refractivity contribution in [3.8, 4) is 0 Å². The summed E-state index contributed by atoms with van der Waals surface area (Å²) in [5.41, 5.74) is -0.483. The normalized spacial score (nSPS) is 11.1. The van der Waals surface area contributed by atoms with Gasteiger partial charge in [-0.2, -0.15) is 13.2 Å². The van der Waals surface area contributed by atoms with E-state index in [0.717, 1.165) is 28.1 Å². The number of carbonyl (C=O) groups excluding carboxylic acids is 2. The van der Waals surface area contributed by atoms with Crippen LogP contribution >= 0.6 is 11.8 Å². The summed E-state index contributed by atoms with van der Waals surface area (Å²) in [5, 5.41) is 2.71. The van der Waals surface area contributed by atoms with Crippen LogP contribution in [0.5, 0.6) is 0 Å². The van der Waals surface area contributed by atoms with Gasteiger partial charge in [0.2, 0.25) is 5.91 Å². The molecule has 0 saturated carbocycles. The van der Waals surface area contributed by atoms with Crippen molar-refractivity contribution >= 4 is 29.3 Å². The number of anilines is 1. The van der Waals surface area contributed by atoms with Gasteiger partial charge in [-0.15, -0.1) is 11.8 Å². The summed E-state index contributed by atoms with van der Waals surface area (Å²) >= 11 is 1.47. The lowest BCUT2D eigenvalue weighted by atomic mass is 10.2. The molecule has 1 aromatic heterocycles. The lowest BCUT2D eigenvalue weighted by Gasteiger charge is -2.17. The molecule has 0 saturated heterocycles. The standard InChI is InChI=1S/C17H16F3N3O2S/c1-23(10-15(24)22-12-5-3-4-6-13(12)26-2)16(25)11-7-8-14(21-9-11)17(18,19)20/h3-9H,10H2,1-2H3,(H,22,24). The molecule has 0 atom stereocenters. The number of aromatic nitrogens is 1. The van der Waals surface area contributed by atoms with Gasteiger partial charge in [0.15, 0.2) is 0 Å². The Bertz CT molecular complexity index is 795. The second kappa shape index (κ2) is 8.22. The molecule has 2 rings (SSSR count). The maximum atomic E-state index is 12.5. The summed E-state index contributed by atoms with van der Waals surface area (Å²) in [4.78, 5) is 29.6. The van der Waals surface area contributed by atoms with E-state index in [2.05, 4.69) is 10.3 Å². The molecule has 2 aromatic rings. The van der Waals surface area contributed by atoms with E-state index in [-0.39, 0.29) is 12.1 Å². The van der Waals surface area contributed by atoms with Crippen molar-refractivity contribution in [3.05, 3.63) is 53.9 Å². The third kappa shape index (κ3) is 4.98. The second-order valence-electron chi connectivity index (χ2n) is 5.34. The monoisotopic (exact) mass is 383 g/mol. The van der Waals surface area contributed by atoms with E-state index in [0.29, 0.717) is 5.69 Å². The minimum absolute atomic E-state index is 0.0298. The van der Waals surface area contributed by atoms with Crippen molar-refractivity contribution in [1.29, 1.82) is 0 Å². The number of nitrogens with one attached hydrogen (secondary N) is 1. The van der Waals surface area contributed by atoms with Crippen LogP contribution in [0.25, 0.3) is 0 Å². The van der Waals surface area contributed by atoms with Crippen molar-refractivity contribution in [2.45, 2.75) is 11.1 Å². The number of nitrogens with zero attached hydrogens (tertiary/aromatic N) is 2. The number of amides is 2. The van der Waals surface area contributed by atoms with Crippen LogP contribution in [0.15, 0.2) is 47.5 Å². The summed E-state index contributed by atoms with van der Waals surface area (Å²) in [5.74, 6) is -1.01. The SMILES string of the molecule is CSc1ccccc1NC(=O)CN(C)C(=O)c1ccc(C(F)(F)F)nc1. The predicted octanol–water partition coefficient (Wildman–Crippen LogP) is 3.53. The summed E-state index contributed by atoms with van der Waals surface area (Å²) in [6.45, 7) is -0.247. The van der Waals surface area contributed by atoms with Crippen molar-refractivity contribution in [3.63, 3.8) is 0 Å². The number of benzene rings is 1. The van der Waals surface area contributed by atoms with Crippen molar-refractivity contribution in [1.82, 2.24) is 9.88 Å². The summed E-state index contributed by atoms with van der Waals surface area (Å²) in [6.07, 6.45) is -1.85. The van der Waals surface area contributed by atoms with E-state index in [1.165, 1.54) is 18.8 Å². The topological polar surface area (TPSA) is 62.3 Å². The molecule has 0 spiro atoms. The molecule has 1 aromatic carbocycles. The summed E-state index contributed by atoms with van der Waals surface area (Å²) in [7, 11) is 1.39. The van der Waals surface area contributed by atoms with Gasteiger partial charge in [0, 0.05) is 18.1 Å². The summed E-state index contributed by atoms with van der Waals surface area (Å²) < 4.78 is 37.5. The first kappa shape index (κ1) is 19.8. The van der Waals surface area contributed by atoms with Crippen LogP contribution in [0.1, 0.15) is 16.1 Å². The lowest BCUT2D eigenvalue weighted by Crippen LogP contribution is -2.35. The molecule has 138 valence electrons. The molecule has 26 heavy (non-hydrogen) atoms. The highest BCUT2D eigenvalue weighted by Gasteiger charge is 2.32. The minimum Gasteiger partial charge on any atom is -0.332 e. The van der Waals surface area contributed by atoms with Gasteiger partial charge in [0.25, 0.3) is 5.91 Å². The smallest absolute Gasteiger partial charge is 0.332 e. The van der Waals surface area contributed by atoms with Crippen molar-refractivity contribution in [2.24, 2.45) is 0 Å². The highest BCUT2D eigenvalue weighted by Crippen LogP contribution is 2.27. The van der Waals surface area contributed by atoms with Crippen LogP contribution in [0.4, 0.5) is 18.9 Å². The molecule has 0 bridgehead atoms. The number of rotatable bonds is 5. The molecule has 0 aliphatic heterocycles. The fourth-order valence-corrected chi connectivity index (χ4v) is 2.69. The molecule has 0 unspecified atom stereocenters. The third-order valence-corrected chi connectivity index (χ3v) is 4.21. The Morgan fingerprint density at radius 2 is 1.88 bits per heavy atom. The Labute approximate surface area is 152 Å². The Hall–Kier alpha value is -2.55. The van der Waals surface area contributed by atoms with Crippen molar-refractivity contribution in [2.75, 3.05) is 25.2 Å². The zero-order valence-electron chi connectivity index (χ0n) is 14.0. The van der Waals surface area contributed by atoms with Crippen LogP contribution in [-0.4, -0.2) is 41.5 Å². The molecular weight excluding hydrogens is 367 g/mol. The lowest BCUT2D eigenvalue weighted by molar-refractivity contribution is -0.141. The Morgan fingerprint density at radius 1 is 1.19 bits per heavy atom. The third-order valence-electron chi connectivity index (χ3n) is 3.41. The van der Waals surface area contributed by atoms with Crippen LogP contribution < -0.4 is 5.32 Å². The highest BCUT2D eigenvalue weighted by molar-refractivity contribution is 7.98. The Kier molecular flexibility index (Phi) is 6.25. The summed E-state index contributed by atoms with van der Waals surface area (Å²) in [6, 6.07) is 8.98. The quantitative estimate of drug-likeness (QED) is 0.803. The van der Waals surface area contributed by atoms with Gasteiger partial charge in [-0.1, -0.05) is 12.1 Å². The number of alkyl halides is 3. The molecule has 1 N–H and O–H groups in total. The predicted molar refractivity (Wildman–Crippen MR) is 93.1 cm³/mol. The molecule has 0 aliphatic rings. The van der Waals surface area contributed by atoms with Gasteiger partial charge in [-0.3, -0.25) is 14.6 Å². The van der Waals surface area contributed by atoms with E-state index in [1.807, 2.05) is 18.4 Å². The molecule has 2 amide bonds. The van der Waals surface area contributed by atoms with Crippen LogP contribution in [0.3, 0.4) is 0 Å². The number of carbonyl (C=O) groups is 2. The average Bonchev–Trinajstić information content (AvgIpc) is 2.60. The molecule has 9 heteroatoms. The van der Waals surface area contributed by atoms with Gasteiger partial charge in [-0.25, -0.2) is 0 Å². The fourth-order valence-electron chi connectivity index (χ4n) is 2.13. The fraction of sp³-hybridized carbons (Fsp3) is 0.235. The van der Waals surface area contributed by atoms with E-state index in [4.69, 9.17) is 0 Å². The van der Waals surface area contributed by atoms with Gasteiger partial charge in [0.1, 0.15) is 5.69 Å². The first-order valence-electron chi connectivity index (χ1n) is 7.44. The van der Waals surface area contributed by atoms with Gasteiger partial charge in [-0.05, 0) is 30.5 Å². The molecule has 0 fully saturated rings. The minimum atomic E-state index is -4.57. The van der Waals surface area contributed by atoms with Gasteiger partial charge >= 0.3 is 6.18 Å². The number of halogens is 3. The number of para-hydroxylation sites is 1. The maximum absolute atomic E-state index is 12.5. The van der Waals surface area contributed by atoms with E-state index >= 15 is 0 Å².